The van der Waals surface area contributed by atoms with Gasteiger partial charge in [-0.2, -0.15) is 4.98 Å². The van der Waals surface area contributed by atoms with Crippen LogP contribution in [-0.2, 0) is 0 Å². The van der Waals surface area contributed by atoms with Crippen LogP contribution in [0.3, 0.4) is 0 Å². The summed E-state index contributed by atoms with van der Waals surface area (Å²) >= 11 is 0. The summed E-state index contributed by atoms with van der Waals surface area (Å²) in [5, 5.41) is 1.20. The van der Waals surface area contributed by atoms with E-state index in [1.807, 2.05) is 19.2 Å². The van der Waals surface area contributed by atoms with Gasteiger partial charge in [-0.05, 0) is 56.6 Å². The quantitative estimate of drug-likeness (QED) is 0.436. The van der Waals surface area contributed by atoms with Gasteiger partial charge in [0.15, 0.2) is 11.5 Å². The van der Waals surface area contributed by atoms with Crippen LogP contribution in [0.15, 0.2) is 30.9 Å². The van der Waals surface area contributed by atoms with Gasteiger partial charge in [0, 0.05) is 48.3 Å². The Labute approximate surface area is 191 Å². The number of aryl methyl sites for hydroxylation is 1. The molecule has 0 aromatic carbocycles. The molecule has 8 nitrogen and oxygen atoms in total. The smallest absolute Gasteiger partial charge is 0.214 e. The third-order valence-corrected chi connectivity index (χ3v) is 7.28. The van der Waals surface area contributed by atoms with Gasteiger partial charge in [0.25, 0.3) is 0 Å². The highest BCUT2D eigenvalue weighted by Gasteiger charge is 2.27. The Bertz CT molecular complexity index is 1500. The molecule has 1 aliphatic heterocycles. The molecule has 2 fully saturated rings. The fourth-order valence-electron chi connectivity index (χ4n) is 5.39. The molecule has 1 N–H and O–H groups in total. The fraction of sp³-hybridized carbons (Fsp3) is 0.400. The standard InChI is InChI=1S/C25H26N8/c1-15-14-33-21-17(8-9-27-23(21)31-25(33)28-15)22-29-19-13-26-12-18(16-6-5-7-16)20(19)24(30-22)32-10-3-2-4-11-32/h8-9,12-14,16H,2-7,10-11H2,1H3,(H,27,28,31). The van der Waals surface area contributed by atoms with Crippen molar-refractivity contribution in [3.8, 4) is 11.4 Å². The lowest BCUT2D eigenvalue weighted by molar-refractivity contribution is 0.421. The molecule has 166 valence electrons. The van der Waals surface area contributed by atoms with E-state index in [4.69, 9.17) is 9.97 Å². The van der Waals surface area contributed by atoms with Gasteiger partial charge >= 0.3 is 0 Å². The number of nitrogens with zero attached hydrogens (tertiary/aromatic N) is 7. The maximum Gasteiger partial charge on any atom is 0.214 e. The molecule has 0 spiro atoms. The number of aromatic amines is 1. The van der Waals surface area contributed by atoms with Gasteiger partial charge in [-0.25, -0.2) is 15.0 Å². The van der Waals surface area contributed by atoms with E-state index >= 15 is 0 Å². The molecular formula is C25H26N8. The Hall–Kier alpha value is -3.55. The first-order valence-electron chi connectivity index (χ1n) is 12.0. The first-order chi connectivity index (χ1) is 16.3. The number of fused-ring (bicyclic) bond motifs is 4. The zero-order valence-electron chi connectivity index (χ0n) is 18.8. The molecule has 33 heavy (non-hydrogen) atoms. The van der Waals surface area contributed by atoms with E-state index in [2.05, 4.69) is 41.6 Å². The summed E-state index contributed by atoms with van der Waals surface area (Å²) in [4.78, 5) is 29.9. The maximum atomic E-state index is 5.25. The van der Waals surface area contributed by atoms with Crippen molar-refractivity contribution in [1.82, 2.24) is 34.3 Å². The number of hydrogen-bond acceptors (Lipinski definition) is 6. The number of aromatic nitrogens is 7. The van der Waals surface area contributed by atoms with Crippen LogP contribution < -0.4 is 4.90 Å². The number of piperidine rings is 1. The van der Waals surface area contributed by atoms with Crippen molar-refractivity contribution in [3.05, 3.63) is 42.1 Å². The summed E-state index contributed by atoms with van der Waals surface area (Å²) in [6.07, 6.45) is 15.3. The maximum absolute atomic E-state index is 5.25. The van der Waals surface area contributed by atoms with E-state index in [9.17, 15) is 0 Å². The first kappa shape index (κ1) is 19.0. The third-order valence-electron chi connectivity index (χ3n) is 7.28. The minimum atomic E-state index is 0.573. The number of nitrogens with one attached hydrogen (secondary N) is 1. The average molecular weight is 439 g/mol. The number of H-pyrrole nitrogens is 1. The fourth-order valence-corrected chi connectivity index (χ4v) is 5.39. The Morgan fingerprint density at radius 2 is 1.88 bits per heavy atom. The highest BCUT2D eigenvalue weighted by Crippen LogP contribution is 2.42. The van der Waals surface area contributed by atoms with E-state index in [1.54, 1.807) is 6.20 Å². The minimum absolute atomic E-state index is 0.573. The van der Waals surface area contributed by atoms with Crippen LogP contribution in [-0.4, -0.2) is 47.4 Å². The summed E-state index contributed by atoms with van der Waals surface area (Å²) in [5.74, 6) is 3.14. The van der Waals surface area contributed by atoms with Crippen LogP contribution in [0, 0.1) is 6.92 Å². The predicted octanol–water partition coefficient (Wildman–Crippen LogP) is 4.78. The van der Waals surface area contributed by atoms with Crippen LogP contribution in [0.5, 0.6) is 0 Å². The van der Waals surface area contributed by atoms with Crippen molar-refractivity contribution in [3.63, 3.8) is 0 Å². The molecule has 0 unspecified atom stereocenters. The summed E-state index contributed by atoms with van der Waals surface area (Å²) in [5.41, 5.74) is 5.88. The van der Waals surface area contributed by atoms with Crippen molar-refractivity contribution >= 4 is 33.7 Å². The van der Waals surface area contributed by atoms with Crippen LogP contribution in [0.1, 0.15) is 55.7 Å². The van der Waals surface area contributed by atoms with E-state index in [0.29, 0.717) is 17.4 Å². The zero-order valence-corrected chi connectivity index (χ0v) is 18.8. The molecule has 1 aliphatic carbocycles. The molecule has 6 heterocycles. The summed E-state index contributed by atoms with van der Waals surface area (Å²) in [6.45, 7) is 4.11. The Morgan fingerprint density at radius 1 is 1.00 bits per heavy atom. The molecule has 5 aromatic heterocycles. The van der Waals surface area contributed by atoms with Gasteiger partial charge in [0.1, 0.15) is 11.3 Å². The van der Waals surface area contributed by atoms with Crippen LogP contribution >= 0.6 is 0 Å². The summed E-state index contributed by atoms with van der Waals surface area (Å²) in [6, 6.07) is 2.00. The Balaban J connectivity index is 1.51. The molecule has 2 aliphatic rings. The van der Waals surface area contributed by atoms with Crippen molar-refractivity contribution in [2.24, 2.45) is 0 Å². The number of imidazole rings is 2. The van der Waals surface area contributed by atoms with Crippen molar-refractivity contribution in [2.45, 2.75) is 51.4 Å². The van der Waals surface area contributed by atoms with Gasteiger partial charge in [-0.1, -0.05) is 6.42 Å². The predicted molar refractivity (Wildman–Crippen MR) is 129 cm³/mol. The van der Waals surface area contributed by atoms with Gasteiger partial charge in [-0.15, -0.1) is 0 Å². The number of rotatable bonds is 3. The molecule has 0 radical (unpaired) electrons. The van der Waals surface area contributed by atoms with Crippen molar-refractivity contribution in [2.75, 3.05) is 18.0 Å². The highest BCUT2D eigenvalue weighted by atomic mass is 15.2. The van der Waals surface area contributed by atoms with Crippen molar-refractivity contribution in [1.29, 1.82) is 0 Å². The largest absolute Gasteiger partial charge is 0.356 e. The highest BCUT2D eigenvalue weighted by molar-refractivity contribution is 5.96. The van der Waals surface area contributed by atoms with E-state index in [1.165, 1.54) is 49.5 Å². The van der Waals surface area contributed by atoms with Crippen LogP contribution in [0.25, 0.3) is 39.2 Å². The second-order valence-corrected chi connectivity index (χ2v) is 9.44. The monoisotopic (exact) mass is 438 g/mol. The van der Waals surface area contributed by atoms with E-state index in [0.717, 1.165) is 47.0 Å². The SMILES string of the molecule is Cc1cn2c(nc3nccc(-c4nc(N5CCCCC5)c5c(C6CCC6)cncc5n4)c32)[nH]1. The van der Waals surface area contributed by atoms with E-state index in [-0.39, 0.29) is 0 Å². The molecule has 8 heteroatoms. The third kappa shape index (κ3) is 2.93. The lowest BCUT2D eigenvalue weighted by Crippen LogP contribution is -2.31. The molecule has 1 saturated carbocycles. The van der Waals surface area contributed by atoms with Gasteiger partial charge in [0.05, 0.1) is 11.7 Å². The average Bonchev–Trinajstić information content (AvgIpc) is 3.33. The minimum Gasteiger partial charge on any atom is -0.356 e. The van der Waals surface area contributed by atoms with Crippen LogP contribution in [0.4, 0.5) is 5.82 Å². The Morgan fingerprint density at radius 3 is 2.70 bits per heavy atom. The van der Waals surface area contributed by atoms with E-state index < -0.39 is 0 Å². The molecular weight excluding hydrogens is 412 g/mol. The second-order valence-electron chi connectivity index (χ2n) is 9.44. The molecule has 0 amide bonds. The Kier molecular flexibility index (Phi) is 4.16. The topological polar surface area (TPSA) is 87.9 Å². The molecule has 7 rings (SSSR count). The molecule has 1 saturated heterocycles. The first-order valence-corrected chi connectivity index (χ1v) is 12.0. The molecule has 0 bridgehead atoms. The van der Waals surface area contributed by atoms with Crippen LogP contribution in [0.2, 0.25) is 0 Å². The lowest BCUT2D eigenvalue weighted by Gasteiger charge is -2.32. The van der Waals surface area contributed by atoms with Gasteiger partial charge < -0.3 is 9.88 Å². The normalized spacial score (nSPS) is 17.3. The number of hydrogen-bond donors (Lipinski definition) is 1. The summed E-state index contributed by atoms with van der Waals surface area (Å²) in [7, 11) is 0. The van der Waals surface area contributed by atoms with Crippen molar-refractivity contribution < 1.29 is 0 Å². The van der Waals surface area contributed by atoms with Gasteiger partial charge in [-0.3, -0.25) is 9.38 Å². The second kappa shape index (κ2) is 7.23. The number of pyridine rings is 2. The molecule has 5 aromatic rings. The lowest BCUT2D eigenvalue weighted by atomic mass is 9.79. The van der Waals surface area contributed by atoms with Gasteiger partial charge in [0.2, 0.25) is 5.78 Å². The molecule has 0 atom stereocenters. The number of anilines is 1. The summed E-state index contributed by atoms with van der Waals surface area (Å²) < 4.78 is 2.06. The zero-order chi connectivity index (χ0) is 21.9.